The van der Waals surface area contributed by atoms with Gasteiger partial charge >= 0.3 is 0 Å². The molecule has 2 nitrogen and oxygen atoms in total. The number of nitrogens with zero attached hydrogens (tertiary/aromatic N) is 1. The molecule has 0 spiro atoms. The fourth-order valence-electron chi connectivity index (χ4n) is 2.01. The highest BCUT2D eigenvalue weighted by atomic mass is 35.5. The first kappa shape index (κ1) is 15.2. The summed E-state index contributed by atoms with van der Waals surface area (Å²) in [6.45, 7) is 0.755. The van der Waals surface area contributed by atoms with Crippen LogP contribution in [-0.2, 0) is 0 Å². The number of benzene rings is 2. The largest absolute Gasteiger partial charge is 0.388 e. The summed E-state index contributed by atoms with van der Waals surface area (Å²) in [7, 11) is 2.01. The number of rotatable bonds is 5. The van der Waals surface area contributed by atoms with Gasteiger partial charge in [0.05, 0.1) is 16.1 Å². The van der Waals surface area contributed by atoms with Gasteiger partial charge in [-0.25, -0.2) is 0 Å². The Labute approximate surface area is 129 Å². The van der Waals surface area contributed by atoms with Crippen LogP contribution >= 0.6 is 23.2 Å². The number of para-hydroxylation sites is 1. The van der Waals surface area contributed by atoms with E-state index >= 15 is 0 Å². The number of halogens is 2. The molecule has 1 unspecified atom stereocenters. The second-order valence-electron chi connectivity index (χ2n) is 4.74. The maximum absolute atomic E-state index is 10.2. The second-order valence-corrected chi connectivity index (χ2v) is 5.55. The van der Waals surface area contributed by atoms with Crippen molar-refractivity contribution >= 4 is 28.9 Å². The summed E-state index contributed by atoms with van der Waals surface area (Å²) in [4.78, 5) is 2.11. The monoisotopic (exact) mass is 309 g/mol. The molecule has 0 aliphatic heterocycles. The van der Waals surface area contributed by atoms with Crippen molar-refractivity contribution in [3.05, 3.63) is 64.1 Å². The highest BCUT2D eigenvalue weighted by Gasteiger charge is 2.11. The van der Waals surface area contributed by atoms with Crippen molar-refractivity contribution in [2.45, 2.75) is 12.5 Å². The molecule has 0 radical (unpaired) electrons. The molecule has 0 aliphatic rings. The summed E-state index contributed by atoms with van der Waals surface area (Å²) in [5, 5.41) is 11.2. The smallest absolute Gasteiger partial charge is 0.0807 e. The lowest BCUT2D eigenvalue weighted by Gasteiger charge is -2.21. The average Bonchev–Trinajstić information content (AvgIpc) is 2.48. The van der Waals surface area contributed by atoms with Crippen LogP contribution in [0.1, 0.15) is 18.1 Å². The molecule has 0 aliphatic carbocycles. The van der Waals surface area contributed by atoms with Crippen LogP contribution in [0.15, 0.2) is 48.5 Å². The van der Waals surface area contributed by atoms with E-state index in [2.05, 4.69) is 4.90 Å². The summed E-state index contributed by atoms with van der Waals surface area (Å²) < 4.78 is 0. The van der Waals surface area contributed by atoms with Gasteiger partial charge in [-0.3, -0.25) is 0 Å². The van der Waals surface area contributed by atoms with E-state index in [0.717, 1.165) is 17.8 Å². The lowest BCUT2D eigenvalue weighted by molar-refractivity contribution is 0.170. The minimum absolute atomic E-state index is 0.472. The van der Waals surface area contributed by atoms with E-state index in [4.69, 9.17) is 23.2 Å². The average molecular weight is 310 g/mol. The van der Waals surface area contributed by atoms with Gasteiger partial charge in [0.1, 0.15) is 0 Å². The van der Waals surface area contributed by atoms with Gasteiger partial charge in [-0.2, -0.15) is 0 Å². The molecule has 0 bridgehead atoms. The van der Waals surface area contributed by atoms with E-state index in [1.807, 2.05) is 37.4 Å². The summed E-state index contributed by atoms with van der Waals surface area (Å²) in [6, 6.07) is 15.3. The highest BCUT2D eigenvalue weighted by molar-refractivity contribution is 6.42. The lowest BCUT2D eigenvalue weighted by Crippen LogP contribution is -2.20. The molecule has 0 saturated heterocycles. The molecule has 4 heteroatoms. The Hall–Kier alpha value is -1.22. The van der Waals surface area contributed by atoms with E-state index < -0.39 is 6.10 Å². The zero-order valence-corrected chi connectivity index (χ0v) is 12.8. The van der Waals surface area contributed by atoms with Crippen molar-refractivity contribution in [1.82, 2.24) is 0 Å². The Morgan fingerprint density at radius 2 is 1.75 bits per heavy atom. The van der Waals surface area contributed by atoms with Crippen molar-refractivity contribution in [2.24, 2.45) is 0 Å². The number of aliphatic hydroxyl groups is 1. The van der Waals surface area contributed by atoms with Crippen LogP contribution in [0.25, 0.3) is 0 Å². The Balaban J connectivity index is 1.95. The minimum Gasteiger partial charge on any atom is -0.388 e. The second kappa shape index (κ2) is 6.98. The first-order chi connectivity index (χ1) is 9.58. The molecule has 0 heterocycles. The third kappa shape index (κ3) is 3.89. The van der Waals surface area contributed by atoms with Crippen molar-refractivity contribution in [1.29, 1.82) is 0 Å². The van der Waals surface area contributed by atoms with Gasteiger partial charge in [-0.1, -0.05) is 47.5 Å². The van der Waals surface area contributed by atoms with Gasteiger partial charge in [-0.05, 0) is 36.2 Å². The van der Waals surface area contributed by atoms with Crippen LogP contribution in [-0.4, -0.2) is 18.7 Å². The van der Waals surface area contributed by atoms with E-state index in [9.17, 15) is 5.11 Å². The predicted molar refractivity (Wildman–Crippen MR) is 85.8 cm³/mol. The lowest BCUT2D eigenvalue weighted by atomic mass is 10.1. The Kier molecular flexibility index (Phi) is 5.30. The third-order valence-corrected chi connectivity index (χ3v) is 4.00. The van der Waals surface area contributed by atoms with Crippen LogP contribution in [0.4, 0.5) is 5.69 Å². The quantitative estimate of drug-likeness (QED) is 0.875. The van der Waals surface area contributed by atoms with Gasteiger partial charge in [0.15, 0.2) is 0 Å². The molecule has 2 rings (SSSR count). The molecule has 2 aromatic carbocycles. The fraction of sp³-hybridized carbons (Fsp3) is 0.250. The van der Waals surface area contributed by atoms with Crippen molar-refractivity contribution in [3.8, 4) is 0 Å². The summed E-state index contributed by atoms with van der Waals surface area (Å²) >= 11 is 11.8. The fourth-order valence-corrected chi connectivity index (χ4v) is 2.32. The Morgan fingerprint density at radius 1 is 1.05 bits per heavy atom. The minimum atomic E-state index is -0.545. The maximum atomic E-state index is 10.2. The highest BCUT2D eigenvalue weighted by Crippen LogP contribution is 2.27. The van der Waals surface area contributed by atoms with Crippen molar-refractivity contribution in [2.75, 3.05) is 18.5 Å². The molecule has 106 valence electrons. The molecule has 1 N–H and O–H groups in total. The molecular formula is C16H17Cl2NO. The van der Waals surface area contributed by atoms with Crippen LogP contribution in [0.3, 0.4) is 0 Å². The third-order valence-electron chi connectivity index (χ3n) is 3.26. The number of hydrogen-bond donors (Lipinski definition) is 1. The molecule has 0 aromatic heterocycles. The molecule has 0 saturated carbocycles. The van der Waals surface area contributed by atoms with E-state index in [0.29, 0.717) is 16.5 Å². The first-order valence-electron chi connectivity index (χ1n) is 6.47. The molecular weight excluding hydrogens is 293 g/mol. The van der Waals surface area contributed by atoms with Crippen molar-refractivity contribution < 1.29 is 5.11 Å². The predicted octanol–water partition coefficient (Wildman–Crippen LogP) is 4.55. The van der Waals surface area contributed by atoms with Gasteiger partial charge in [0.2, 0.25) is 0 Å². The number of hydrogen-bond acceptors (Lipinski definition) is 2. The molecule has 2 aromatic rings. The molecule has 0 fully saturated rings. The molecule has 0 amide bonds. The standard InChI is InChI=1S/C16H17Cl2NO/c1-19(13-5-3-2-4-6-13)10-9-16(20)12-7-8-14(17)15(18)11-12/h2-8,11,16,20H,9-10H2,1H3. The van der Waals surface area contributed by atoms with E-state index in [-0.39, 0.29) is 0 Å². The number of aliphatic hydroxyl groups excluding tert-OH is 1. The summed E-state index contributed by atoms with van der Waals surface area (Å²) in [5.74, 6) is 0. The van der Waals surface area contributed by atoms with Crippen LogP contribution in [0.5, 0.6) is 0 Å². The summed E-state index contributed by atoms with van der Waals surface area (Å²) in [5.41, 5.74) is 1.93. The van der Waals surface area contributed by atoms with Gasteiger partial charge in [-0.15, -0.1) is 0 Å². The zero-order valence-electron chi connectivity index (χ0n) is 11.3. The van der Waals surface area contributed by atoms with Crippen LogP contribution in [0, 0.1) is 0 Å². The van der Waals surface area contributed by atoms with Gasteiger partial charge < -0.3 is 10.0 Å². The number of anilines is 1. The first-order valence-corrected chi connectivity index (χ1v) is 7.22. The summed E-state index contributed by atoms with van der Waals surface area (Å²) in [6.07, 6.45) is 0.0829. The maximum Gasteiger partial charge on any atom is 0.0807 e. The van der Waals surface area contributed by atoms with Crippen molar-refractivity contribution in [3.63, 3.8) is 0 Å². The zero-order chi connectivity index (χ0) is 14.5. The van der Waals surface area contributed by atoms with Gasteiger partial charge in [0.25, 0.3) is 0 Å². The van der Waals surface area contributed by atoms with Crippen LogP contribution < -0.4 is 4.90 Å². The Morgan fingerprint density at radius 3 is 2.40 bits per heavy atom. The van der Waals surface area contributed by atoms with E-state index in [1.165, 1.54) is 0 Å². The van der Waals surface area contributed by atoms with Crippen LogP contribution in [0.2, 0.25) is 10.0 Å². The van der Waals surface area contributed by atoms with Gasteiger partial charge in [0, 0.05) is 19.3 Å². The molecule has 20 heavy (non-hydrogen) atoms. The topological polar surface area (TPSA) is 23.5 Å². The Bertz CT molecular complexity index is 560. The van der Waals surface area contributed by atoms with E-state index in [1.54, 1.807) is 18.2 Å². The SMILES string of the molecule is CN(CCC(O)c1ccc(Cl)c(Cl)c1)c1ccccc1. The molecule has 1 atom stereocenters. The normalized spacial score (nSPS) is 12.2.